The van der Waals surface area contributed by atoms with Crippen molar-refractivity contribution in [1.82, 2.24) is 10.2 Å². The van der Waals surface area contributed by atoms with Crippen molar-refractivity contribution in [2.75, 3.05) is 26.2 Å². The Morgan fingerprint density at radius 2 is 2.10 bits per heavy atom. The van der Waals surface area contributed by atoms with Crippen molar-refractivity contribution in [1.29, 1.82) is 0 Å². The minimum Gasteiger partial charge on any atom is -0.481 e. The summed E-state index contributed by atoms with van der Waals surface area (Å²) in [6.07, 6.45) is 0.967. The van der Waals surface area contributed by atoms with Gasteiger partial charge in [-0.1, -0.05) is 0 Å². The van der Waals surface area contributed by atoms with E-state index in [4.69, 9.17) is 4.74 Å². The lowest BCUT2D eigenvalue weighted by Crippen LogP contribution is -2.43. The largest absolute Gasteiger partial charge is 0.481 e. The summed E-state index contributed by atoms with van der Waals surface area (Å²) in [5.74, 6) is -0.798. The molecule has 2 saturated heterocycles. The number of nitrogens with zero attached hydrogens (tertiary/aromatic N) is 1. The van der Waals surface area contributed by atoms with E-state index >= 15 is 0 Å². The number of hydrogen-bond donors (Lipinski definition) is 2. The van der Waals surface area contributed by atoms with Crippen LogP contribution in [0, 0.1) is 11.3 Å². The van der Waals surface area contributed by atoms with Crippen molar-refractivity contribution < 1.29 is 19.4 Å². The number of carboxylic acids is 1. The molecule has 6 nitrogen and oxygen atoms in total. The van der Waals surface area contributed by atoms with Crippen LogP contribution in [0.3, 0.4) is 0 Å². The molecule has 2 N–H and O–H groups in total. The van der Waals surface area contributed by atoms with E-state index < -0.39 is 17.0 Å². The molecule has 0 aromatic rings. The van der Waals surface area contributed by atoms with Crippen LogP contribution in [0.5, 0.6) is 0 Å². The maximum atomic E-state index is 12.2. The Bertz CT molecular complexity index is 404. The zero-order valence-electron chi connectivity index (χ0n) is 12.4. The van der Waals surface area contributed by atoms with Crippen LogP contribution < -0.4 is 5.32 Å². The molecule has 2 aliphatic rings. The third-order valence-electron chi connectivity index (χ3n) is 4.18. The first-order valence-electron chi connectivity index (χ1n) is 7.17. The topological polar surface area (TPSA) is 78.9 Å². The molecule has 114 valence electrons. The summed E-state index contributed by atoms with van der Waals surface area (Å²) in [6, 6.07) is 0. The normalized spacial score (nSPS) is 30.6. The highest BCUT2D eigenvalue weighted by Crippen LogP contribution is 2.39. The molecule has 2 heterocycles. The van der Waals surface area contributed by atoms with Crippen LogP contribution in [0.2, 0.25) is 0 Å². The monoisotopic (exact) mass is 284 g/mol. The molecule has 0 bridgehead atoms. The van der Waals surface area contributed by atoms with Gasteiger partial charge in [-0.25, -0.2) is 4.79 Å². The van der Waals surface area contributed by atoms with Crippen LogP contribution in [0.4, 0.5) is 4.79 Å². The van der Waals surface area contributed by atoms with Crippen LogP contribution >= 0.6 is 0 Å². The Morgan fingerprint density at radius 1 is 1.40 bits per heavy atom. The highest BCUT2D eigenvalue weighted by Gasteiger charge is 2.51. The predicted molar refractivity (Wildman–Crippen MR) is 73.5 cm³/mol. The van der Waals surface area contributed by atoms with Crippen LogP contribution in [0.15, 0.2) is 0 Å². The van der Waals surface area contributed by atoms with Crippen molar-refractivity contribution in [2.45, 2.75) is 39.2 Å². The third-order valence-corrected chi connectivity index (χ3v) is 4.18. The Kier molecular flexibility index (Phi) is 3.95. The maximum absolute atomic E-state index is 12.2. The molecule has 0 radical (unpaired) electrons. The summed E-state index contributed by atoms with van der Waals surface area (Å²) in [5, 5.41) is 12.7. The SMILES string of the molecule is CC(C)(C)OC(=O)N1CCCC2(C(=O)O)CNCC2C1. The molecular formula is C14H24N2O4. The number of carbonyl (C=O) groups is 2. The number of hydrogen-bond acceptors (Lipinski definition) is 4. The molecule has 6 heteroatoms. The molecule has 0 spiro atoms. The number of ether oxygens (including phenoxy) is 1. The molecule has 2 rings (SSSR count). The van der Waals surface area contributed by atoms with E-state index in [2.05, 4.69) is 5.32 Å². The first-order chi connectivity index (χ1) is 9.24. The summed E-state index contributed by atoms with van der Waals surface area (Å²) in [7, 11) is 0. The lowest BCUT2D eigenvalue weighted by Gasteiger charge is -2.30. The fourth-order valence-corrected chi connectivity index (χ4v) is 3.13. The van der Waals surface area contributed by atoms with Gasteiger partial charge in [0.1, 0.15) is 5.60 Å². The van der Waals surface area contributed by atoms with E-state index in [-0.39, 0.29) is 12.0 Å². The minimum absolute atomic E-state index is 0.0463. The standard InChI is InChI=1S/C14H24N2O4/c1-13(2,3)20-12(19)16-6-4-5-14(11(17)18)9-15-7-10(14)8-16/h10,15H,4-9H2,1-3H3,(H,17,18). The second-order valence-corrected chi connectivity index (χ2v) is 6.82. The second-order valence-electron chi connectivity index (χ2n) is 6.82. The summed E-state index contributed by atoms with van der Waals surface area (Å²) in [6.45, 7) is 7.67. The van der Waals surface area contributed by atoms with Gasteiger partial charge in [-0.2, -0.15) is 0 Å². The van der Waals surface area contributed by atoms with E-state index in [0.717, 1.165) is 0 Å². The summed E-state index contributed by atoms with van der Waals surface area (Å²) in [4.78, 5) is 25.5. The molecule has 2 aliphatic heterocycles. The van der Waals surface area contributed by atoms with Crippen LogP contribution in [-0.4, -0.2) is 53.8 Å². The zero-order chi connectivity index (χ0) is 15.0. The Hall–Kier alpha value is -1.30. The molecule has 0 saturated carbocycles. The van der Waals surface area contributed by atoms with Gasteiger partial charge in [0.15, 0.2) is 0 Å². The zero-order valence-corrected chi connectivity index (χ0v) is 12.4. The van der Waals surface area contributed by atoms with Gasteiger partial charge in [-0.05, 0) is 33.6 Å². The third kappa shape index (κ3) is 2.90. The van der Waals surface area contributed by atoms with E-state index in [9.17, 15) is 14.7 Å². The first-order valence-corrected chi connectivity index (χ1v) is 7.17. The Balaban J connectivity index is 2.10. The number of rotatable bonds is 1. The van der Waals surface area contributed by atoms with Crippen LogP contribution in [-0.2, 0) is 9.53 Å². The second kappa shape index (κ2) is 5.24. The molecule has 2 unspecified atom stereocenters. The number of likely N-dealkylation sites (tertiary alicyclic amines) is 1. The fourth-order valence-electron chi connectivity index (χ4n) is 3.13. The molecule has 0 aromatic heterocycles. The van der Waals surface area contributed by atoms with Crippen molar-refractivity contribution in [3.05, 3.63) is 0 Å². The number of fused-ring (bicyclic) bond motifs is 1. The van der Waals surface area contributed by atoms with Gasteiger partial charge in [0.2, 0.25) is 0 Å². The van der Waals surface area contributed by atoms with Crippen molar-refractivity contribution >= 4 is 12.1 Å². The number of carboxylic acid groups (broad SMARTS) is 1. The van der Waals surface area contributed by atoms with Gasteiger partial charge in [0.05, 0.1) is 5.41 Å². The summed E-state index contributed by atoms with van der Waals surface area (Å²) < 4.78 is 5.39. The van der Waals surface area contributed by atoms with E-state index in [1.165, 1.54) is 0 Å². The number of amides is 1. The van der Waals surface area contributed by atoms with E-state index in [0.29, 0.717) is 39.0 Å². The van der Waals surface area contributed by atoms with Crippen LogP contribution in [0.1, 0.15) is 33.6 Å². The number of carbonyl (C=O) groups excluding carboxylic acids is 1. The van der Waals surface area contributed by atoms with Crippen molar-refractivity contribution in [3.8, 4) is 0 Å². The quantitative estimate of drug-likeness (QED) is 0.759. The molecular weight excluding hydrogens is 260 g/mol. The van der Waals surface area contributed by atoms with E-state index in [1.54, 1.807) is 4.90 Å². The van der Waals surface area contributed by atoms with Gasteiger partial charge in [0.25, 0.3) is 0 Å². The number of aliphatic carboxylic acids is 1. The van der Waals surface area contributed by atoms with E-state index in [1.807, 2.05) is 20.8 Å². The van der Waals surface area contributed by atoms with Gasteiger partial charge in [-0.3, -0.25) is 4.79 Å². The predicted octanol–water partition coefficient (Wildman–Crippen LogP) is 1.31. The minimum atomic E-state index is -0.751. The molecule has 0 aromatic carbocycles. The van der Waals surface area contributed by atoms with Crippen molar-refractivity contribution in [2.24, 2.45) is 11.3 Å². The summed E-state index contributed by atoms with van der Waals surface area (Å²) >= 11 is 0. The highest BCUT2D eigenvalue weighted by molar-refractivity contribution is 5.76. The molecule has 1 amide bonds. The fraction of sp³-hybridized carbons (Fsp3) is 0.857. The Labute approximate surface area is 119 Å². The lowest BCUT2D eigenvalue weighted by molar-refractivity contribution is -0.150. The molecule has 20 heavy (non-hydrogen) atoms. The molecule has 0 aliphatic carbocycles. The van der Waals surface area contributed by atoms with Crippen LogP contribution in [0.25, 0.3) is 0 Å². The summed E-state index contributed by atoms with van der Waals surface area (Å²) in [5.41, 5.74) is -1.25. The van der Waals surface area contributed by atoms with Gasteiger partial charge >= 0.3 is 12.1 Å². The van der Waals surface area contributed by atoms with Gasteiger partial charge in [0, 0.05) is 32.1 Å². The number of nitrogens with one attached hydrogen (secondary N) is 1. The molecule has 2 atom stereocenters. The van der Waals surface area contributed by atoms with Crippen molar-refractivity contribution in [3.63, 3.8) is 0 Å². The average Bonchev–Trinajstić information content (AvgIpc) is 2.61. The smallest absolute Gasteiger partial charge is 0.410 e. The Morgan fingerprint density at radius 3 is 2.70 bits per heavy atom. The van der Waals surface area contributed by atoms with Gasteiger partial charge in [-0.15, -0.1) is 0 Å². The maximum Gasteiger partial charge on any atom is 0.410 e. The lowest BCUT2D eigenvalue weighted by atomic mass is 9.75. The average molecular weight is 284 g/mol. The first kappa shape index (κ1) is 15.1. The van der Waals surface area contributed by atoms with Gasteiger partial charge < -0.3 is 20.1 Å². The highest BCUT2D eigenvalue weighted by atomic mass is 16.6. The molecule has 2 fully saturated rings.